The maximum absolute atomic E-state index is 12.4. The minimum Gasteiger partial charge on any atom is -0.464 e. The van der Waals surface area contributed by atoms with Crippen LogP contribution in [-0.2, 0) is 14.9 Å². The average molecular weight is 496 g/mol. The Kier molecular flexibility index (Phi) is 7.10. The summed E-state index contributed by atoms with van der Waals surface area (Å²) in [5.74, 6) is -0.103. The average Bonchev–Trinajstić information content (AvgIpc) is 3.24. The summed E-state index contributed by atoms with van der Waals surface area (Å²) in [5, 5.41) is 25.6. The topological polar surface area (TPSA) is 150 Å². The van der Waals surface area contributed by atoms with E-state index in [0.29, 0.717) is 29.3 Å². The van der Waals surface area contributed by atoms with E-state index < -0.39 is 17.4 Å². The molecule has 3 aromatic rings. The Balaban J connectivity index is 1.65. The molecular formula is C28H29N7O2. The van der Waals surface area contributed by atoms with Crippen LogP contribution >= 0.6 is 0 Å². The molecule has 37 heavy (non-hydrogen) atoms. The van der Waals surface area contributed by atoms with Crippen LogP contribution in [0.2, 0.25) is 0 Å². The molecule has 0 bridgehead atoms. The van der Waals surface area contributed by atoms with Gasteiger partial charge in [0.15, 0.2) is 0 Å². The highest BCUT2D eigenvalue weighted by Gasteiger charge is 2.38. The zero-order valence-corrected chi connectivity index (χ0v) is 21.3. The summed E-state index contributed by atoms with van der Waals surface area (Å²) >= 11 is 0. The molecule has 1 aliphatic rings. The fourth-order valence-corrected chi connectivity index (χ4v) is 4.18. The zero-order chi connectivity index (χ0) is 26.7. The van der Waals surface area contributed by atoms with Crippen molar-refractivity contribution in [3.8, 4) is 23.4 Å². The van der Waals surface area contributed by atoms with Gasteiger partial charge in [-0.2, -0.15) is 10.5 Å². The molecule has 188 valence electrons. The van der Waals surface area contributed by atoms with Gasteiger partial charge in [-0.1, -0.05) is 26.8 Å². The molecule has 0 spiro atoms. The Labute approximate surface area is 216 Å². The predicted octanol–water partition coefficient (Wildman–Crippen LogP) is 4.15. The third-order valence-electron chi connectivity index (χ3n) is 6.65. The second-order valence-electron chi connectivity index (χ2n) is 9.88. The third kappa shape index (κ3) is 5.23. The van der Waals surface area contributed by atoms with Crippen molar-refractivity contribution >= 4 is 23.3 Å². The van der Waals surface area contributed by atoms with Gasteiger partial charge in [-0.05, 0) is 54.3 Å². The molecule has 1 aliphatic heterocycles. The van der Waals surface area contributed by atoms with Crippen molar-refractivity contribution in [2.75, 3.05) is 23.8 Å². The first kappa shape index (κ1) is 25.6. The number of aryl methyl sites for hydroxylation is 1. The van der Waals surface area contributed by atoms with Crippen LogP contribution in [0, 0.1) is 35.5 Å². The number of fused-ring (bicyclic) bond motifs is 1. The Morgan fingerprint density at radius 3 is 2.73 bits per heavy atom. The number of benzene rings is 2. The van der Waals surface area contributed by atoms with E-state index in [1.807, 2.05) is 39.8 Å². The van der Waals surface area contributed by atoms with Crippen LogP contribution in [0.3, 0.4) is 0 Å². The molecule has 2 heterocycles. The highest BCUT2D eigenvalue weighted by atomic mass is 16.5. The monoisotopic (exact) mass is 495 g/mol. The maximum atomic E-state index is 12.4. The molecule has 4 N–H and O–H groups in total. The number of hydrogen-bond donors (Lipinski definition) is 3. The quantitative estimate of drug-likeness (QED) is 0.411. The molecule has 9 nitrogen and oxygen atoms in total. The van der Waals surface area contributed by atoms with Gasteiger partial charge < -0.3 is 21.1 Å². The van der Waals surface area contributed by atoms with Crippen LogP contribution in [-0.4, -0.2) is 35.1 Å². The number of carbonyl (C=O) groups excluding carboxylic acids is 1. The number of nitriles is 2. The highest BCUT2D eigenvalue weighted by Crippen LogP contribution is 2.41. The fraction of sp³-hybridized carbons (Fsp3) is 0.321. The van der Waals surface area contributed by atoms with Crippen molar-refractivity contribution in [1.29, 1.82) is 10.5 Å². The van der Waals surface area contributed by atoms with E-state index in [2.05, 4.69) is 32.7 Å². The number of carbonyl (C=O) groups is 1. The second kappa shape index (κ2) is 10.3. The predicted molar refractivity (Wildman–Crippen MR) is 141 cm³/mol. The molecule has 0 radical (unpaired) electrons. The molecule has 9 heteroatoms. The van der Waals surface area contributed by atoms with Gasteiger partial charge in [0.05, 0.1) is 28.6 Å². The molecule has 0 aliphatic carbocycles. The molecular weight excluding hydrogens is 466 g/mol. The van der Waals surface area contributed by atoms with Crippen LogP contribution in [0.4, 0.5) is 17.3 Å². The van der Waals surface area contributed by atoms with Crippen molar-refractivity contribution < 1.29 is 9.53 Å². The lowest BCUT2D eigenvalue weighted by molar-refractivity contribution is -0.147. The third-order valence-corrected chi connectivity index (χ3v) is 6.65. The van der Waals surface area contributed by atoms with E-state index in [4.69, 9.17) is 10.5 Å². The first-order valence-corrected chi connectivity index (χ1v) is 12.0. The summed E-state index contributed by atoms with van der Waals surface area (Å²) in [6, 6.07) is 14.6. The molecule has 2 atom stereocenters. The van der Waals surface area contributed by atoms with E-state index in [1.165, 1.54) is 0 Å². The highest BCUT2D eigenvalue weighted by molar-refractivity contribution is 5.78. The Morgan fingerprint density at radius 1 is 1.24 bits per heavy atom. The standard InChI is InChI=1S/C28H29N7O2/c1-16(2)24(31)26(36)37-15-28(4)14-33-25-20(13-30)10-19(11-21(25)28)22-7-8-32-27(34-22)35-23-9-18(12-29)6-5-17(23)3/h5-11,16,24,33H,14-15,31H2,1-4H3,(H,32,34,35)/t24-,28+/m0/s1. The van der Waals surface area contributed by atoms with Crippen molar-refractivity contribution in [3.63, 3.8) is 0 Å². The number of rotatable bonds is 7. The first-order chi connectivity index (χ1) is 17.6. The number of nitrogens with two attached hydrogens (primary N) is 1. The van der Waals surface area contributed by atoms with Crippen LogP contribution in [0.25, 0.3) is 11.3 Å². The van der Waals surface area contributed by atoms with E-state index >= 15 is 0 Å². The van der Waals surface area contributed by atoms with Crippen molar-refractivity contribution in [2.24, 2.45) is 11.7 Å². The fourth-order valence-electron chi connectivity index (χ4n) is 4.18. The summed E-state index contributed by atoms with van der Waals surface area (Å²) in [6.07, 6.45) is 1.64. The van der Waals surface area contributed by atoms with E-state index in [0.717, 1.165) is 28.1 Å². The van der Waals surface area contributed by atoms with Gasteiger partial charge in [0.25, 0.3) is 0 Å². The number of nitrogens with one attached hydrogen (secondary N) is 2. The van der Waals surface area contributed by atoms with Crippen molar-refractivity contribution in [1.82, 2.24) is 9.97 Å². The molecule has 0 saturated carbocycles. The minimum absolute atomic E-state index is 0.0298. The van der Waals surface area contributed by atoms with Gasteiger partial charge in [-0.25, -0.2) is 9.97 Å². The van der Waals surface area contributed by atoms with Gasteiger partial charge in [0.1, 0.15) is 18.7 Å². The van der Waals surface area contributed by atoms with E-state index in [-0.39, 0.29) is 12.5 Å². The molecule has 2 aromatic carbocycles. The van der Waals surface area contributed by atoms with Crippen LogP contribution < -0.4 is 16.4 Å². The molecule has 0 fully saturated rings. The van der Waals surface area contributed by atoms with Gasteiger partial charge in [-0.3, -0.25) is 4.79 Å². The Hall–Kier alpha value is -4.47. The van der Waals surface area contributed by atoms with Crippen LogP contribution in [0.5, 0.6) is 0 Å². The van der Waals surface area contributed by atoms with E-state index in [9.17, 15) is 15.3 Å². The minimum atomic E-state index is -0.692. The molecule has 1 aromatic heterocycles. The molecule has 4 rings (SSSR count). The summed E-state index contributed by atoms with van der Waals surface area (Å²) in [6.45, 7) is 8.31. The largest absolute Gasteiger partial charge is 0.464 e. The number of nitrogens with zero attached hydrogens (tertiary/aromatic N) is 4. The molecule has 0 saturated heterocycles. The normalized spacial score (nSPS) is 16.8. The van der Waals surface area contributed by atoms with Crippen molar-refractivity contribution in [2.45, 2.75) is 39.2 Å². The SMILES string of the molecule is Cc1ccc(C#N)cc1Nc1nccc(-c2cc(C#N)c3c(c2)[C@@](C)(COC(=O)[C@@H](N)C(C)C)CN3)n1. The lowest BCUT2D eigenvalue weighted by Gasteiger charge is -2.25. The Bertz CT molecular complexity index is 1440. The lowest BCUT2D eigenvalue weighted by atomic mass is 9.83. The van der Waals surface area contributed by atoms with Gasteiger partial charge in [0, 0.05) is 29.4 Å². The first-order valence-electron chi connectivity index (χ1n) is 12.0. The maximum Gasteiger partial charge on any atom is 0.323 e. The Morgan fingerprint density at radius 2 is 2.03 bits per heavy atom. The van der Waals surface area contributed by atoms with Gasteiger partial charge in [0.2, 0.25) is 5.95 Å². The number of ether oxygens (including phenoxy) is 1. The van der Waals surface area contributed by atoms with Crippen LogP contribution in [0.1, 0.15) is 43.0 Å². The van der Waals surface area contributed by atoms with Crippen molar-refractivity contribution in [3.05, 3.63) is 64.8 Å². The summed E-state index contributed by atoms with van der Waals surface area (Å²) in [5.41, 5.74) is 11.1. The number of esters is 1. The number of hydrogen-bond acceptors (Lipinski definition) is 9. The lowest BCUT2D eigenvalue weighted by Crippen LogP contribution is -2.40. The van der Waals surface area contributed by atoms with Crippen LogP contribution in [0.15, 0.2) is 42.6 Å². The second-order valence-corrected chi connectivity index (χ2v) is 9.88. The van der Waals surface area contributed by atoms with Gasteiger partial charge >= 0.3 is 5.97 Å². The summed E-state index contributed by atoms with van der Waals surface area (Å²) in [7, 11) is 0. The van der Waals surface area contributed by atoms with Gasteiger partial charge in [-0.15, -0.1) is 0 Å². The molecule has 0 unspecified atom stereocenters. The summed E-state index contributed by atoms with van der Waals surface area (Å²) in [4.78, 5) is 21.4. The molecule has 0 amide bonds. The summed E-state index contributed by atoms with van der Waals surface area (Å²) < 4.78 is 5.60. The van der Waals surface area contributed by atoms with E-state index in [1.54, 1.807) is 30.5 Å². The smallest absolute Gasteiger partial charge is 0.323 e. The number of aromatic nitrogens is 2. The number of anilines is 3. The zero-order valence-electron chi connectivity index (χ0n) is 21.3.